The highest BCUT2D eigenvalue weighted by Crippen LogP contribution is 2.43. The summed E-state index contributed by atoms with van der Waals surface area (Å²) in [4.78, 5) is 12.3. The lowest BCUT2D eigenvalue weighted by atomic mass is 9.80. The van der Waals surface area contributed by atoms with Crippen LogP contribution in [-0.4, -0.2) is 16.3 Å². The summed E-state index contributed by atoms with van der Waals surface area (Å²) >= 11 is 13.8. The molecule has 1 aromatic carbocycles. The quantitative estimate of drug-likeness (QED) is 0.805. The molecule has 0 bridgehead atoms. The maximum atomic E-state index is 11.4. The zero-order valence-electron chi connectivity index (χ0n) is 11.3. The molecular formula is C15H18Cl2O2S. The first-order valence-electron chi connectivity index (χ1n) is 6.85. The van der Waals surface area contributed by atoms with Gasteiger partial charge in [-0.25, -0.2) is 0 Å². The van der Waals surface area contributed by atoms with Gasteiger partial charge in [0, 0.05) is 15.2 Å². The average molecular weight is 333 g/mol. The van der Waals surface area contributed by atoms with Crippen LogP contribution in [0.5, 0.6) is 0 Å². The first-order valence-corrected chi connectivity index (χ1v) is 8.49. The predicted molar refractivity (Wildman–Crippen MR) is 84.9 cm³/mol. The summed E-state index contributed by atoms with van der Waals surface area (Å²) in [6, 6.07) is 5.34. The van der Waals surface area contributed by atoms with Crippen LogP contribution < -0.4 is 0 Å². The number of hydrogen-bond acceptors (Lipinski definition) is 2. The maximum Gasteiger partial charge on any atom is 0.307 e. The van der Waals surface area contributed by atoms with Crippen molar-refractivity contribution in [1.82, 2.24) is 0 Å². The van der Waals surface area contributed by atoms with Crippen LogP contribution in [0.2, 0.25) is 10.0 Å². The van der Waals surface area contributed by atoms with Crippen molar-refractivity contribution in [2.75, 3.05) is 0 Å². The van der Waals surface area contributed by atoms with Crippen LogP contribution in [0.25, 0.3) is 0 Å². The van der Waals surface area contributed by atoms with E-state index in [2.05, 4.69) is 6.92 Å². The van der Waals surface area contributed by atoms with Crippen LogP contribution in [0, 0.1) is 11.8 Å². The fourth-order valence-corrected chi connectivity index (χ4v) is 4.70. The van der Waals surface area contributed by atoms with Gasteiger partial charge in [-0.3, -0.25) is 4.79 Å². The Morgan fingerprint density at radius 2 is 2.15 bits per heavy atom. The van der Waals surface area contributed by atoms with Gasteiger partial charge in [0.1, 0.15) is 0 Å². The highest BCUT2D eigenvalue weighted by Gasteiger charge is 2.35. The fourth-order valence-electron chi connectivity index (χ4n) is 2.73. The van der Waals surface area contributed by atoms with Crippen molar-refractivity contribution in [1.29, 1.82) is 0 Å². The molecule has 1 N–H and O–H groups in total. The van der Waals surface area contributed by atoms with E-state index in [9.17, 15) is 9.90 Å². The third-order valence-corrected chi connectivity index (χ3v) is 6.06. The average Bonchev–Trinajstić information content (AvgIpc) is 2.42. The normalized spacial score (nSPS) is 26.4. The second-order valence-corrected chi connectivity index (χ2v) is 7.39. The van der Waals surface area contributed by atoms with E-state index in [1.165, 1.54) is 0 Å². The van der Waals surface area contributed by atoms with E-state index in [1.807, 2.05) is 6.07 Å². The molecule has 3 atom stereocenters. The van der Waals surface area contributed by atoms with Crippen LogP contribution in [0.3, 0.4) is 0 Å². The maximum absolute atomic E-state index is 11.4. The molecule has 0 aliphatic heterocycles. The minimum Gasteiger partial charge on any atom is -0.481 e. The van der Waals surface area contributed by atoms with Gasteiger partial charge in [0.2, 0.25) is 0 Å². The van der Waals surface area contributed by atoms with Crippen LogP contribution >= 0.6 is 35.0 Å². The number of carbonyl (C=O) groups is 1. The molecule has 0 radical (unpaired) electrons. The predicted octanol–water partition coefficient (Wildman–Crippen LogP) is 5.37. The summed E-state index contributed by atoms with van der Waals surface area (Å²) in [5, 5.41) is 10.7. The third-order valence-electron chi connectivity index (χ3n) is 3.97. The van der Waals surface area contributed by atoms with Crippen LogP contribution in [0.4, 0.5) is 0 Å². The number of halogens is 2. The number of carboxylic acids is 1. The Morgan fingerprint density at radius 1 is 1.40 bits per heavy atom. The van der Waals surface area contributed by atoms with E-state index in [-0.39, 0.29) is 11.2 Å². The number of carboxylic acid groups (broad SMARTS) is 1. The molecule has 1 fully saturated rings. The molecule has 110 valence electrons. The van der Waals surface area contributed by atoms with Gasteiger partial charge in [0.05, 0.1) is 10.9 Å². The third kappa shape index (κ3) is 3.84. The van der Waals surface area contributed by atoms with Gasteiger partial charge in [-0.05, 0) is 43.4 Å². The summed E-state index contributed by atoms with van der Waals surface area (Å²) < 4.78 is 0. The smallest absolute Gasteiger partial charge is 0.307 e. The second-order valence-electron chi connectivity index (χ2n) is 5.26. The van der Waals surface area contributed by atoms with Gasteiger partial charge in [-0.15, -0.1) is 11.8 Å². The summed E-state index contributed by atoms with van der Waals surface area (Å²) in [5.41, 5.74) is 0. The Balaban J connectivity index is 2.18. The van der Waals surface area contributed by atoms with Crippen molar-refractivity contribution in [3.63, 3.8) is 0 Å². The largest absolute Gasteiger partial charge is 0.481 e. The lowest BCUT2D eigenvalue weighted by Gasteiger charge is -2.33. The number of thioether (sulfide) groups is 1. The number of rotatable bonds is 4. The first-order chi connectivity index (χ1) is 9.51. The van der Waals surface area contributed by atoms with E-state index < -0.39 is 5.97 Å². The molecule has 0 amide bonds. The minimum absolute atomic E-state index is 0.0715. The molecular weight excluding hydrogens is 315 g/mol. The summed E-state index contributed by atoms with van der Waals surface area (Å²) in [6.45, 7) is 2.17. The molecule has 0 saturated heterocycles. The van der Waals surface area contributed by atoms with Crippen molar-refractivity contribution in [2.45, 2.75) is 42.8 Å². The molecule has 0 aromatic heterocycles. The molecule has 0 spiro atoms. The monoisotopic (exact) mass is 332 g/mol. The zero-order chi connectivity index (χ0) is 14.7. The van der Waals surface area contributed by atoms with Gasteiger partial charge in [0.15, 0.2) is 0 Å². The van der Waals surface area contributed by atoms with Crippen molar-refractivity contribution >= 4 is 40.9 Å². The van der Waals surface area contributed by atoms with E-state index in [1.54, 1.807) is 23.9 Å². The molecule has 1 aliphatic carbocycles. The molecule has 1 aliphatic rings. The first kappa shape index (κ1) is 16.0. The lowest BCUT2D eigenvalue weighted by molar-refractivity contribution is -0.142. The van der Waals surface area contributed by atoms with Crippen molar-refractivity contribution in [2.24, 2.45) is 11.8 Å². The Labute approximate surface area is 133 Å². The zero-order valence-corrected chi connectivity index (χ0v) is 13.6. The molecule has 1 saturated carbocycles. The van der Waals surface area contributed by atoms with E-state index >= 15 is 0 Å². The fraction of sp³-hybridized carbons (Fsp3) is 0.533. The van der Waals surface area contributed by atoms with Crippen molar-refractivity contribution in [3.05, 3.63) is 28.2 Å². The van der Waals surface area contributed by atoms with Gasteiger partial charge >= 0.3 is 5.97 Å². The van der Waals surface area contributed by atoms with Crippen molar-refractivity contribution in [3.8, 4) is 0 Å². The SMILES string of the molecule is CCC1CCC(C(=O)O)C(Sc2cc(Cl)ccc2Cl)C1. The topological polar surface area (TPSA) is 37.3 Å². The molecule has 3 unspecified atom stereocenters. The second kappa shape index (κ2) is 7.06. The number of hydrogen-bond donors (Lipinski definition) is 1. The molecule has 2 nitrogen and oxygen atoms in total. The highest BCUT2D eigenvalue weighted by atomic mass is 35.5. The highest BCUT2D eigenvalue weighted by molar-refractivity contribution is 8.00. The van der Waals surface area contributed by atoms with E-state index in [0.29, 0.717) is 16.0 Å². The van der Waals surface area contributed by atoms with Gasteiger partial charge in [0.25, 0.3) is 0 Å². The van der Waals surface area contributed by atoms with Crippen molar-refractivity contribution < 1.29 is 9.90 Å². The molecule has 2 rings (SSSR count). The molecule has 20 heavy (non-hydrogen) atoms. The lowest BCUT2D eigenvalue weighted by Crippen LogP contribution is -2.32. The molecule has 1 aromatic rings. The Hall–Kier alpha value is -0.380. The number of benzene rings is 1. The van der Waals surface area contributed by atoms with Gasteiger partial charge < -0.3 is 5.11 Å². The Kier molecular flexibility index (Phi) is 5.65. The number of aliphatic carboxylic acids is 1. The Morgan fingerprint density at radius 3 is 2.80 bits per heavy atom. The molecule has 5 heteroatoms. The van der Waals surface area contributed by atoms with Crippen LogP contribution in [-0.2, 0) is 4.79 Å². The Bertz CT molecular complexity index is 493. The van der Waals surface area contributed by atoms with Gasteiger partial charge in [-0.2, -0.15) is 0 Å². The molecule has 0 heterocycles. The van der Waals surface area contributed by atoms with Crippen LogP contribution in [0.15, 0.2) is 23.1 Å². The minimum atomic E-state index is -0.699. The standard InChI is InChI=1S/C15H18Cl2O2S/c1-2-9-3-5-11(15(18)19)13(7-9)20-14-8-10(16)4-6-12(14)17/h4,6,8-9,11,13H,2-3,5,7H2,1H3,(H,18,19). The summed E-state index contributed by atoms with van der Waals surface area (Å²) in [7, 11) is 0. The summed E-state index contributed by atoms with van der Waals surface area (Å²) in [6.07, 6.45) is 3.80. The summed E-state index contributed by atoms with van der Waals surface area (Å²) in [5.74, 6) is -0.380. The van der Waals surface area contributed by atoms with Crippen LogP contribution in [0.1, 0.15) is 32.6 Å². The van der Waals surface area contributed by atoms with E-state index in [4.69, 9.17) is 23.2 Å². The van der Waals surface area contributed by atoms with Gasteiger partial charge in [-0.1, -0.05) is 36.5 Å². The van der Waals surface area contributed by atoms with E-state index in [0.717, 1.165) is 30.6 Å².